The average Bonchev–Trinajstić information content (AvgIpc) is 3.41. The van der Waals surface area contributed by atoms with Gasteiger partial charge in [-0.25, -0.2) is 4.39 Å². The summed E-state index contributed by atoms with van der Waals surface area (Å²) in [5.41, 5.74) is -0.204. The van der Waals surface area contributed by atoms with Gasteiger partial charge in [-0.3, -0.25) is 19.1 Å². The molecule has 0 bridgehead atoms. The zero-order chi connectivity index (χ0) is 23.8. The van der Waals surface area contributed by atoms with Crippen LogP contribution >= 0.6 is 0 Å². The quantitative estimate of drug-likeness (QED) is 0.594. The highest BCUT2D eigenvalue weighted by molar-refractivity contribution is 6.01. The minimum atomic E-state index is -1.23. The van der Waals surface area contributed by atoms with Gasteiger partial charge in [0.25, 0.3) is 11.8 Å². The Morgan fingerprint density at radius 1 is 1.15 bits per heavy atom. The predicted octanol–water partition coefficient (Wildman–Crippen LogP) is 2.01. The topological polar surface area (TPSA) is 109 Å². The predicted molar refractivity (Wildman–Crippen MR) is 116 cm³/mol. The molecule has 0 spiro atoms. The second-order valence-electron chi connectivity index (χ2n) is 8.21. The van der Waals surface area contributed by atoms with Crippen LogP contribution in [0.15, 0.2) is 46.9 Å². The molecule has 1 unspecified atom stereocenters. The van der Waals surface area contributed by atoms with Crippen molar-refractivity contribution in [2.45, 2.75) is 39.0 Å². The highest BCUT2D eigenvalue weighted by atomic mass is 19.1. The molecule has 10 heteroatoms. The second kappa shape index (κ2) is 8.53. The molecule has 3 amide bonds. The number of amides is 3. The SMILES string of the molecule is Cc1ccc(CNC(=O)c2cc3n(n2)CC(C)(C(=O)NCc2ccc(F)cc2)N(C)C3=O)o1. The van der Waals surface area contributed by atoms with Crippen LogP contribution in [0, 0.1) is 12.7 Å². The number of aromatic nitrogens is 2. The molecular formula is C23H24FN5O4. The number of rotatable bonds is 6. The van der Waals surface area contributed by atoms with E-state index in [1.165, 1.54) is 34.8 Å². The Hall–Kier alpha value is -3.95. The third-order valence-corrected chi connectivity index (χ3v) is 5.81. The van der Waals surface area contributed by atoms with Crippen molar-refractivity contribution in [2.75, 3.05) is 7.05 Å². The first kappa shape index (κ1) is 22.3. The molecule has 1 aliphatic rings. The van der Waals surface area contributed by atoms with Gasteiger partial charge in [0.1, 0.15) is 28.6 Å². The van der Waals surface area contributed by atoms with Gasteiger partial charge < -0.3 is 20.0 Å². The number of hydrogen-bond acceptors (Lipinski definition) is 5. The number of nitrogens with zero attached hydrogens (tertiary/aromatic N) is 3. The van der Waals surface area contributed by atoms with Crippen LogP contribution in [0.5, 0.6) is 0 Å². The zero-order valence-electron chi connectivity index (χ0n) is 18.5. The van der Waals surface area contributed by atoms with E-state index in [0.29, 0.717) is 5.76 Å². The number of benzene rings is 1. The molecule has 0 fully saturated rings. The second-order valence-corrected chi connectivity index (χ2v) is 8.21. The monoisotopic (exact) mass is 453 g/mol. The molecule has 2 N–H and O–H groups in total. The first-order valence-electron chi connectivity index (χ1n) is 10.4. The van der Waals surface area contributed by atoms with E-state index in [1.807, 2.05) is 6.92 Å². The van der Waals surface area contributed by atoms with Gasteiger partial charge in [0.15, 0.2) is 5.69 Å². The minimum Gasteiger partial charge on any atom is -0.465 e. The smallest absolute Gasteiger partial charge is 0.272 e. The van der Waals surface area contributed by atoms with E-state index in [1.54, 1.807) is 31.2 Å². The lowest BCUT2D eigenvalue weighted by Crippen LogP contribution is -2.62. The molecule has 172 valence electrons. The van der Waals surface area contributed by atoms with Crippen molar-refractivity contribution >= 4 is 17.7 Å². The van der Waals surface area contributed by atoms with Crippen molar-refractivity contribution in [2.24, 2.45) is 0 Å². The highest BCUT2D eigenvalue weighted by Crippen LogP contribution is 2.26. The molecule has 1 aromatic carbocycles. The summed E-state index contributed by atoms with van der Waals surface area (Å²) in [6.07, 6.45) is 0. The molecule has 0 radical (unpaired) electrons. The minimum absolute atomic E-state index is 0.0739. The third kappa shape index (κ3) is 4.36. The normalized spacial score (nSPS) is 17.6. The first-order valence-corrected chi connectivity index (χ1v) is 10.4. The van der Waals surface area contributed by atoms with Crippen molar-refractivity contribution in [3.63, 3.8) is 0 Å². The van der Waals surface area contributed by atoms with Crippen molar-refractivity contribution in [1.29, 1.82) is 0 Å². The average molecular weight is 453 g/mol. The van der Waals surface area contributed by atoms with E-state index >= 15 is 0 Å². The molecule has 1 aliphatic heterocycles. The number of fused-ring (bicyclic) bond motifs is 1. The fourth-order valence-electron chi connectivity index (χ4n) is 3.65. The van der Waals surface area contributed by atoms with Crippen molar-refractivity contribution in [3.05, 3.63) is 76.8 Å². The lowest BCUT2D eigenvalue weighted by Gasteiger charge is -2.40. The maximum absolute atomic E-state index is 13.1. The molecule has 4 rings (SSSR count). The Morgan fingerprint density at radius 2 is 1.88 bits per heavy atom. The van der Waals surface area contributed by atoms with Crippen LogP contribution in [0.3, 0.4) is 0 Å². The largest absolute Gasteiger partial charge is 0.465 e. The Morgan fingerprint density at radius 3 is 2.55 bits per heavy atom. The number of halogens is 1. The zero-order valence-corrected chi connectivity index (χ0v) is 18.5. The van der Waals surface area contributed by atoms with E-state index in [0.717, 1.165) is 11.3 Å². The summed E-state index contributed by atoms with van der Waals surface area (Å²) in [6, 6.07) is 10.8. The highest BCUT2D eigenvalue weighted by Gasteiger charge is 2.46. The molecule has 9 nitrogen and oxygen atoms in total. The maximum Gasteiger partial charge on any atom is 0.272 e. The molecule has 0 aliphatic carbocycles. The van der Waals surface area contributed by atoms with Gasteiger partial charge >= 0.3 is 0 Å². The lowest BCUT2D eigenvalue weighted by atomic mass is 9.96. The van der Waals surface area contributed by atoms with E-state index < -0.39 is 17.4 Å². The van der Waals surface area contributed by atoms with Gasteiger partial charge in [0.05, 0.1) is 13.1 Å². The molecule has 3 aromatic rings. The van der Waals surface area contributed by atoms with Crippen LogP contribution in [-0.4, -0.2) is 45.0 Å². The number of hydrogen-bond donors (Lipinski definition) is 2. The van der Waals surface area contributed by atoms with Crippen molar-refractivity contribution in [1.82, 2.24) is 25.3 Å². The maximum atomic E-state index is 13.1. The number of carbonyl (C=O) groups excluding carboxylic acids is 3. The summed E-state index contributed by atoms with van der Waals surface area (Å²) >= 11 is 0. The molecule has 3 heterocycles. The summed E-state index contributed by atoms with van der Waals surface area (Å²) in [5, 5.41) is 9.77. The molecule has 0 saturated carbocycles. The molecular weight excluding hydrogens is 429 g/mol. The lowest BCUT2D eigenvalue weighted by molar-refractivity contribution is -0.132. The van der Waals surface area contributed by atoms with Crippen LogP contribution in [0.25, 0.3) is 0 Å². The van der Waals surface area contributed by atoms with Gasteiger partial charge in [-0.15, -0.1) is 0 Å². The molecule has 2 aromatic heterocycles. The van der Waals surface area contributed by atoms with Gasteiger partial charge in [-0.05, 0) is 43.7 Å². The Labute approximate surface area is 189 Å². The van der Waals surface area contributed by atoms with Gasteiger partial charge in [0.2, 0.25) is 5.91 Å². The van der Waals surface area contributed by atoms with Gasteiger partial charge in [0, 0.05) is 19.7 Å². The molecule has 0 saturated heterocycles. The van der Waals surface area contributed by atoms with E-state index in [-0.39, 0.29) is 42.7 Å². The van der Waals surface area contributed by atoms with Crippen LogP contribution in [-0.2, 0) is 24.4 Å². The van der Waals surface area contributed by atoms with Crippen molar-refractivity contribution in [3.8, 4) is 0 Å². The van der Waals surface area contributed by atoms with Gasteiger partial charge in [-0.1, -0.05) is 12.1 Å². The van der Waals surface area contributed by atoms with Crippen LogP contribution < -0.4 is 10.6 Å². The standard InChI is InChI=1S/C23H24FN5O4/c1-14-4-9-17(33-14)12-25-20(30)18-10-19-21(31)28(3)23(2,13-29(19)27-18)22(32)26-11-15-5-7-16(24)8-6-15/h4-10H,11-13H2,1-3H3,(H,25,30)(H,26,32). The number of carbonyl (C=O) groups is 3. The number of furan rings is 1. The Balaban J connectivity index is 1.46. The Kier molecular flexibility index (Phi) is 5.75. The van der Waals surface area contributed by atoms with E-state index in [4.69, 9.17) is 4.42 Å². The van der Waals surface area contributed by atoms with Crippen LogP contribution in [0.2, 0.25) is 0 Å². The number of aryl methyl sites for hydroxylation is 1. The summed E-state index contributed by atoms with van der Waals surface area (Å²) in [5.74, 6) is -0.283. The molecule has 33 heavy (non-hydrogen) atoms. The fourth-order valence-corrected chi connectivity index (χ4v) is 3.65. The van der Waals surface area contributed by atoms with E-state index in [2.05, 4.69) is 15.7 Å². The fraction of sp³-hybridized carbons (Fsp3) is 0.304. The van der Waals surface area contributed by atoms with Gasteiger partial charge in [-0.2, -0.15) is 5.10 Å². The van der Waals surface area contributed by atoms with Crippen LogP contribution in [0.4, 0.5) is 4.39 Å². The Bertz CT molecular complexity index is 1220. The number of likely N-dealkylation sites (N-methyl/N-ethyl adjacent to an activating group) is 1. The molecule has 1 atom stereocenters. The third-order valence-electron chi connectivity index (χ3n) is 5.81. The van der Waals surface area contributed by atoms with E-state index in [9.17, 15) is 18.8 Å². The summed E-state index contributed by atoms with van der Waals surface area (Å²) in [7, 11) is 1.54. The first-order chi connectivity index (χ1) is 15.7. The number of nitrogens with one attached hydrogen (secondary N) is 2. The van der Waals surface area contributed by atoms with Crippen molar-refractivity contribution < 1.29 is 23.2 Å². The van der Waals surface area contributed by atoms with Crippen LogP contribution in [0.1, 0.15) is 45.0 Å². The summed E-state index contributed by atoms with van der Waals surface area (Å²) in [4.78, 5) is 39.9. The summed E-state index contributed by atoms with van der Waals surface area (Å²) in [6.45, 7) is 3.89. The summed E-state index contributed by atoms with van der Waals surface area (Å²) < 4.78 is 19.9.